The van der Waals surface area contributed by atoms with Crippen LogP contribution in [0.5, 0.6) is 5.75 Å². The van der Waals surface area contributed by atoms with Crippen LogP contribution in [0, 0.1) is 13.8 Å². The molecular formula is C16H17N3O. The fraction of sp³-hybridized carbons (Fsp3) is 0.188. The van der Waals surface area contributed by atoms with E-state index < -0.39 is 0 Å². The molecule has 2 heterocycles. The number of ether oxygens (including phenoxy) is 1. The first-order chi connectivity index (χ1) is 9.60. The monoisotopic (exact) mass is 267 g/mol. The van der Waals surface area contributed by atoms with Gasteiger partial charge in [-0.15, -0.1) is 0 Å². The summed E-state index contributed by atoms with van der Waals surface area (Å²) in [6.07, 6.45) is 2.06. The number of nitrogens with two attached hydrogens (primary N) is 1. The Morgan fingerprint density at radius 3 is 2.50 bits per heavy atom. The molecule has 0 bridgehead atoms. The predicted octanol–water partition coefficient (Wildman–Crippen LogP) is 3.21. The normalized spacial score (nSPS) is 10.9. The molecule has 2 N–H and O–H groups in total. The average molecular weight is 267 g/mol. The largest absolute Gasteiger partial charge is 0.497 e. The molecule has 4 nitrogen and oxygen atoms in total. The number of fused-ring (bicyclic) bond motifs is 1. The minimum atomic E-state index is 0.702. The molecule has 0 radical (unpaired) electrons. The Morgan fingerprint density at radius 1 is 1.15 bits per heavy atom. The van der Waals surface area contributed by atoms with Crippen molar-refractivity contribution in [2.45, 2.75) is 13.8 Å². The topological polar surface area (TPSA) is 52.5 Å². The van der Waals surface area contributed by atoms with Crippen LogP contribution in [0.3, 0.4) is 0 Å². The molecule has 0 saturated heterocycles. The fourth-order valence-corrected chi connectivity index (χ4v) is 2.45. The first kappa shape index (κ1) is 12.5. The highest BCUT2D eigenvalue weighted by molar-refractivity contribution is 5.74. The Hall–Kier alpha value is -2.49. The number of nitrogen functional groups attached to an aromatic ring is 1. The molecule has 0 unspecified atom stereocenters. The van der Waals surface area contributed by atoms with E-state index in [0.29, 0.717) is 5.69 Å². The maximum absolute atomic E-state index is 6.06. The molecule has 4 heteroatoms. The van der Waals surface area contributed by atoms with Crippen molar-refractivity contribution in [3.05, 3.63) is 47.8 Å². The molecule has 0 aliphatic rings. The van der Waals surface area contributed by atoms with E-state index in [1.54, 1.807) is 7.11 Å². The number of aromatic nitrogens is 2. The van der Waals surface area contributed by atoms with E-state index in [9.17, 15) is 0 Å². The molecule has 3 aromatic rings. The number of hydrogen-bond donors (Lipinski definition) is 1. The van der Waals surface area contributed by atoms with Gasteiger partial charge in [-0.1, -0.05) is 0 Å². The summed E-state index contributed by atoms with van der Waals surface area (Å²) in [5, 5.41) is 0. The zero-order valence-corrected chi connectivity index (χ0v) is 11.8. The van der Waals surface area contributed by atoms with Gasteiger partial charge < -0.3 is 14.9 Å². The van der Waals surface area contributed by atoms with Crippen molar-refractivity contribution in [1.82, 2.24) is 9.38 Å². The summed E-state index contributed by atoms with van der Waals surface area (Å²) in [6.45, 7) is 4.08. The molecule has 0 fully saturated rings. The third-order valence-electron chi connectivity index (χ3n) is 3.49. The van der Waals surface area contributed by atoms with Crippen molar-refractivity contribution in [1.29, 1.82) is 0 Å². The molecular weight excluding hydrogens is 250 g/mol. The van der Waals surface area contributed by atoms with Gasteiger partial charge in [-0.2, -0.15) is 0 Å². The van der Waals surface area contributed by atoms with Gasteiger partial charge in [-0.05, 0) is 49.7 Å². The third kappa shape index (κ3) is 1.90. The highest BCUT2D eigenvalue weighted by Crippen LogP contribution is 2.28. The molecule has 20 heavy (non-hydrogen) atoms. The molecule has 0 saturated carbocycles. The van der Waals surface area contributed by atoms with Crippen molar-refractivity contribution in [3.8, 4) is 17.0 Å². The molecule has 102 valence electrons. The average Bonchev–Trinajstić information content (AvgIpc) is 2.77. The number of imidazole rings is 1. The van der Waals surface area contributed by atoms with E-state index in [1.165, 1.54) is 0 Å². The molecule has 3 rings (SSSR count). The molecule has 0 aliphatic heterocycles. The molecule has 0 amide bonds. The summed E-state index contributed by atoms with van der Waals surface area (Å²) in [4.78, 5) is 4.68. The van der Waals surface area contributed by atoms with Crippen molar-refractivity contribution >= 4 is 11.3 Å². The third-order valence-corrected chi connectivity index (χ3v) is 3.49. The van der Waals surface area contributed by atoms with Crippen molar-refractivity contribution in [3.63, 3.8) is 0 Å². The Balaban J connectivity index is 2.20. The lowest BCUT2D eigenvalue weighted by molar-refractivity contribution is 0.415. The molecule has 0 aliphatic carbocycles. The second kappa shape index (κ2) is 4.56. The van der Waals surface area contributed by atoms with Gasteiger partial charge in [-0.3, -0.25) is 0 Å². The number of aryl methyl sites for hydroxylation is 2. The van der Waals surface area contributed by atoms with E-state index >= 15 is 0 Å². The SMILES string of the molecule is COc1ccc(-c2nc3c(N)cc(C)cn3c2C)cc1. The van der Waals surface area contributed by atoms with E-state index in [0.717, 1.165) is 33.9 Å². The van der Waals surface area contributed by atoms with Gasteiger partial charge in [0.25, 0.3) is 0 Å². The first-order valence-corrected chi connectivity index (χ1v) is 6.49. The Morgan fingerprint density at radius 2 is 1.85 bits per heavy atom. The van der Waals surface area contributed by atoms with Gasteiger partial charge in [0.2, 0.25) is 0 Å². The number of methoxy groups -OCH3 is 1. The van der Waals surface area contributed by atoms with Crippen molar-refractivity contribution in [2.75, 3.05) is 12.8 Å². The van der Waals surface area contributed by atoms with Gasteiger partial charge in [0, 0.05) is 17.5 Å². The van der Waals surface area contributed by atoms with Gasteiger partial charge in [0.1, 0.15) is 5.75 Å². The van der Waals surface area contributed by atoms with Gasteiger partial charge in [-0.25, -0.2) is 4.98 Å². The van der Waals surface area contributed by atoms with Crippen LogP contribution in [-0.4, -0.2) is 16.5 Å². The standard InChI is InChI=1S/C16H17N3O/c1-10-8-14(17)16-18-15(11(2)19(16)9-10)12-4-6-13(20-3)7-5-12/h4-9H,17H2,1-3H3. The Kier molecular flexibility index (Phi) is 2.86. The number of hydrogen-bond acceptors (Lipinski definition) is 3. The van der Waals surface area contributed by atoms with E-state index in [-0.39, 0.29) is 0 Å². The molecule has 0 spiro atoms. The summed E-state index contributed by atoms with van der Waals surface area (Å²) >= 11 is 0. The second-order valence-corrected chi connectivity index (χ2v) is 4.94. The lowest BCUT2D eigenvalue weighted by Crippen LogP contribution is -1.95. The summed E-state index contributed by atoms with van der Waals surface area (Å²) in [5.74, 6) is 0.838. The number of pyridine rings is 1. The summed E-state index contributed by atoms with van der Waals surface area (Å²) in [6, 6.07) is 9.84. The van der Waals surface area contributed by atoms with Crippen LogP contribution in [0.4, 0.5) is 5.69 Å². The highest BCUT2D eigenvalue weighted by atomic mass is 16.5. The number of benzene rings is 1. The number of rotatable bonds is 2. The maximum Gasteiger partial charge on any atom is 0.160 e. The first-order valence-electron chi connectivity index (χ1n) is 6.49. The van der Waals surface area contributed by atoms with Crippen LogP contribution < -0.4 is 10.5 Å². The lowest BCUT2D eigenvalue weighted by Gasteiger charge is -2.03. The lowest BCUT2D eigenvalue weighted by atomic mass is 10.1. The van der Waals surface area contributed by atoms with Gasteiger partial charge in [0.15, 0.2) is 5.65 Å². The maximum atomic E-state index is 6.06. The molecule has 1 aromatic carbocycles. The van der Waals surface area contributed by atoms with Crippen LogP contribution in [0.25, 0.3) is 16.9 Å². The van der Waals surface area contributed by atoms with E-state index in [1.807, 2.05) is 41.7 Å². The minimum absolute atomic E-state index is 0.702. The van der Waals surface area contributed by atoms with Crippen LogP contribution in [-0.2, 0) is 0 Å². The smallest absolute Gasteiger partial charge is 0.160 e. The van der Waals surface area contributed by atoms with Gasteiger partial charge >= 0.3 is 0 Å². The van der Waals surface area contributed by atoms with Crippen LogP contribution in [0.1, 0.15) is 11.3 Å². The van der Waals surface area contributed by atoms with Gasteiger partial charge in [0.05, 0.1) is 18.5 Å². The van der Waals surface area contributed by atoms with E-state index in [4.69, 9.17) is 10.5 Å². The van der Waals surface area contributed by atoms with Crippen molar-refractivity contribution in [2.24, 2.45) is 0 Å². The van der Waals surface area contributed by atoms with Crippen LogP contribution >= 0.6 is 0 Å². The predicted molar refractivity (Wildman–Crippen MR) is 81.1 cm³/mol. The number of anilines is 1. The highest BCUT2D eigenvalue weighted by Gasteiger charge is 2.12. The molecule has 0 atom stereocenters. The zero-order chi connectivity index (χ0) is 14.3. The Labute approximate surface area is 117 Å². The summed E-state index contributed by atoms with van der Waals surface area (Å²) < 4.78 is 7.23. The minimum Gasteiger partial charge on any atom is -0.497 e. The van der Waals surface area contributed by atoms with Crippen LogP contribution in [0.2, 0.25) is 0 Å². The zero-order valence-electron chi connectivity index (χ0n) is 11.8. The quantitative estimate of drug-likeness (QED) is 0.775. The summed E-state index contributed by atoms with van der Waals surface area (Å²) in [5.41, 5.74) is 11.8. The fourth-order valence-electron chi connectivity index (χ4n) is 2.45. The van der Waals surface area contributed by atoms with Crippen LogP contribution in [0.15, 0.2) is 36.5 Å². The molecule has 2 aromatic heterocycles. The summed E-state index contributed by atoms with van der Waals surface area (Å²) in [7, 11) is 1.66. The van der Waals surface area contributed by atoms with E-state index in [2.05, 4.69) is 18.1 Å². The second-order valence-electron chi connectivity index (χ2n) is 4.94. The number of nitrogens with zero attached hydrogens (tertiary/aromatic N) is 2. The van der Waals surface area contributed by atoms with Crippen molar-refractivity contribution < 1.29 is 4.74 Å². The Bertz CT molecular complexity index is 773.